The number of alkyl halides is 2. The van der Waals surface area contributed by atoms with Gasteiger partial charge in [-0.15, -0.1) is 0 Å². The van der Waals surface area contributed by atoms with Crippen LogP contribution in [0.2, 0.25) is 0 Å². The first-order chi connectivity index (χ1) is 3.70. The fraction of sp³-hybridized carbons (Fsp3) is 1.00. The van der Waals surface area contributed by atoms with E-state index in [1.807, 2.05) is 0 Å². The van der Waals surface area contributed by atoms with Crippen LogP contribution in [0.4, 0.5) is 0 Å². The third kappa shape index (κ3) is 0.847. The summed E-state index contributed by atoms with van der Waals surface area (Å²) in [5.74, 6) is 0.738. The zero-order chi connectivity index (χ0) is 5.78. The Morgan fingerprint density at radius 3 is 2.12 bits per heavy atom. The molecule has 1 heterocycles. The minimum atomic E-state index is 0.251. The van der Waals surface area contributed by atoms with Crippen molar-refractivity contribution >= 4 is 31.9 Å². The van der Waals surface area contributed by atoms with E-state index in [1.165, 1.54) is 6.42 Å². The molecule has 0 aromatic rings. The van der Waals surface area contributed by atoms with Gasteiger partial charge in [-0.1, -0.05) is 31.9 Å². The lowest BCUT2D eigenvalue weighted by Crippen LogP contribution is -1.95. The van der Waals surface area contributed by atoms with Crippen molar-refractivity contribution in [3.63, 3.8) is 0 Å². The highest BCUT2D eigenvalue weighted by molar-refractivity contribution is 9.25. The smallest absolute Gasteiger partial charge is 0.0864 e. The van der Waals surface area contributed by atoms with Crippen LogP contribution in [0.1, 0.15) is 6.42 Å². The third-order valence-electron chi connectivity index (χ3n) is 1.68. The molecule has 8 heavy (non-hydrogen) atoms. The van der Waals surface area contributed by atoms with Crippen molar-refractivity contribution in [2.45, 2.75) is 15.8 Å². The molecule has 0 amide bonds. The molecular weight excluding hydrogens is 236 g/mol. The van der Waals surface area contributed by atoms with Crippen LogP contribution in [-0.2, 0) is 4.74 Å². The van der Waals surface area contributed by atoms with Crippen molar-refractivity contribution in [2.75, 3.05) is 6.61 Å². The van der Waals surface area contributed by atoms with Gasteiger partial charge >= 0.3 is 0 Å². The van der Waals surface area contributed by atoms with Gasteiger partial charge in [-0.2, -0.15) is 0 Å². The number of epoxide rings is 1. The van der Waals surface area contributed by atoms with Gasteiger partial charge in [-0.05, 0) is 6.42 Å². The fourth-order valence-electron chi connectivity index (χ4n) is 0.926. The quantitative estimate of drug-likeness (QED) is 0.505. The molecule has 2 unspecified atom stereocenters. The summed E-state index contributed by atoms with van der Waals surface area (Å²) in [5.41, 5.74) is 0. The molecule has 1 saturated heterocycles. The second-order valence-electron chi connectivity index (χ2n) is 2.44. The Morgan fingerprint density at radius 2 is 2.00 bits per heavy atom. The van der Waals surface area contributed by atoms with Gasteiger partial charge in [-0.25, -0.2) is 0 Å². The van der Waals surface area contributed by atoms with E-state index >= 15 is 0 Å². The second kappa shape index (κ2) is 1.50. The van der Waals surface area contributed by atoms with Crippen LogP contribution in [0.25, 0.3) is 0 Å². The van der Waals surface area contributed by atoms with E-state index in [1.54, 1.807) is 0 Å². The Morgan fingerprint density at radius 1 is 1.50 bits per heavy atom. The standard InChI is InChI=1S/C5H6Br2O/c6-5(7)1-3(5)4-2-8-4/h3-4H,1-2H2. The summed E-state index contributed by atoms with van der Waals surface area (Å²) in [6.45, 7) is 0.976. The van der Waals surface area contributed by atoms with Crippen molar-refractivity contribution in [3.8, 4) is 0 Å². The first-order valence-electron chi connectivity index (χ1n) is 2.69. The van der Waals surface area contributed by atoms with E-state index in [9.17, 15) is 0 Å². The molecule has 0 aromatic carbocycles. The lowest BCUT2D eigenvalue weighted by molar-refractivity contribution is 0.387. The lowest BCUT2D eigenvalue weighted by atomic mass is 10.3. The third-order valence-corrected chi connectivity index (χ3v) is 3.51. The minimum absolute atomic E-state index is 0.251. The van der Waals surface area contributed by atoms with Crippen LogP contribution in [0.15, 0.2) is 0 Å². The van der Waals surface area contributed by atoms with Crippen LogP contribution in [-0.4, -0.2) is 15.9 Å². The molecule has 1 aliphatic carbocycles. The van der Waals surface area contributed by atoms with Gasteiger partial charge in [-0.3, -0.25) is 0 Å². The summed E-state index contributed by atoms with van der Waals surface area (Å²) in [7, 11) is 0. The molecule has 1 aliphatic heterocycles. The average Bonchev–Trinajstić information content (AvgIpc) is 2.37. The molecule has 0 radical (unpaired) electrons. The van der Waals surface area contributed by atoms with E-state index < -0.39 is 0 Å². The summed E-state index contributed by atoms with van der Waals surface area (Å²) < 4.78 is 5.36. The van der Waals surface area contributed by atoms with Gasteiger partial charge in [0.25, 0.3) is 0 Å². The SMILES string of the molecule is BrC1(Br)CC1C1CO1. The zero-order valence-electron chi connectivity index (χ0n) is 4.23. The van der Waals surface area contributed by atoms with Crippen molar-refractivity contribution in [3.05, 3.63) is 0 Å². The van der Waals surface area contributed by atoms with E-state index in [2.05, 4.69) is 31.9 Å². The van der Waals surface area contributed by atoms with E-state index in [0.29, 0.717) is 6.10 Å². The van der Waals surface area contributed by atoms with Gasteiger partial charge < -0.3 is 4.74 Å². The van der Waals surface area contributed by atoms with Crippen LogP contribution < -0.4 is 0 Å². The highest BCUT2D eigenvalue weighted by atomic mass is 79.9. The van der Waals surface area contributed by atoms with E-state index in [0.717, 1.165) is 12.5 Å². The molecule has 0 aromatic heterocycles. The molecule has 0 bridgehead atoms. The summed E-state index contributed by atoms with van der Waals surface area (Å²) in [5, 5.41) is 0. The molecule has 1 nitrogen and oxygen atoms in total. The monoisotopic (exact) mass is 240 g/mol. The van der Waals surface area contributed by atoms with Crippen molar-refractivity contribution in [1.82, 2.24) is 0 Å². The topological polar surface area (TPSA) is 12.5 Å². The molecule has 1 saturated carbocycles. The van der Waals surface area contributed by atoms with Crippen LogP contribution in [0.5, 0.6) is 0 Å². The highest BCUT2D eigenvalue weighted by Crippen LogP contribution is 2.60. The van der Waals surface area contributed by atoms with Crippen LogP contribution in [0, 0.1) is 5.92 Å². The number of hydrogen-bond donors (Lipinski definition) is 0. The number of hydrogen-bond acceptors (Lipinski definition) is 1. The molecule has 2 rings (SSSR count). The van der Waals surface area contributed by atoms with E-state index in [4.69, 9.17) is 4.74 Å². The molecule has 2 aliphatic rings. The summed E-state index contributed by atoms with van der Waals surface area (Å²) in [6.07, 6.45) is 1.78. The molecule has 2 fully saturated rings. The van der Waals surface area contributed by atoms with Crippen LogP contribution in [0.3, 0.4) is 0 Å². The first-order valence-corrected chi connectivity index (χ1v) is 4.28. The minimum Gasteiger partial charge on any atom is -0.373 e. The zero-order valence-corrected chi connectivity index (χ0v) is 7.41. The summed E-state index contributed by atoms with van der Waals surface area (Å²) in [4.78, 5) is 0. The Balaban J connectivity index is 1.95. The first kappa shape index (κ1) is 5.69. The molecule has 2 atom stereocenters. The largest absolute Gasteiger partial charge is 0.373 e. The second-order valence-corrected chi connectivity index (χ2v) is 6.34. The number of halogens is 2. The Hall–Kier alpha value is 0.920. The van der Waals surface area contributed by atoms with Crippen molar-refractivity contribution < 1.29 is 4.74 Å². The fourth-order valence-corrected chi connectivity index (χ4v) is 2.21. The molecule has 3 heteroatoms. The van der Waals surface area contributed by atoms with Crippen molar-refractivity contribution in [1.29, 1.82) is 0 Å². The summed E-state index contributed by atoms with van der Waals surface area (Å²) in [6, 6.07) is 0. The highest BCUT2D eigenvalue weighted by Gasteiger charge is 2.58. The lowest BCUT2D eigenvalue weighted by Gasteiger charge is -1.91. The maximum absolute atomic E-state index is 5.11. The summed E-state index contributed by atoms with van der Waals surface area (Å²) >= 11 is 7.06. The number of ether oxygens (including phenoxy) is 1. The predicted molar refractivity (Wildman–Crippen MR) is 38.4 cm³/mol. The average molecular weight is 242 g/mol. The Labute approximate surface area is 65.0 Å². The van der Waals surface area contributed by atoms with Gasteiger partial charge in [0.05, 0.1) is 15.9 Å². The molecular formula is C5H6Br2O. The molecule has 46 valence electrons. The number of rotatable bonds is 1. The Kier molecular flexibility index (Phi) is 1.06. The normalized spacial score (nSPS) is 48.8. The molecule has 0 spiro atoms. The Bertz CT molecular complexity index is 120. The van der Waals surface area contributed by atoms with E-state index in [-0.39, 0.29) is 3.23 Å². The van der Waals surface area contributed by atoms with Gasteiger partial charge in [0.15, 0.2) is 0 Å². The predicted octanol–water partition coefficient (Wildman–Crippen LogP) is 1.89. The van der Waals surface area contributed by atoms with Gasteiger partial charge in [0.2, 0.25) is 0 Å². The molecule has 0 N–H and O–H groups in total. The van der Waals surface area contributed by atoms with Gasteiger partial charge in [0, 0.05) is 5.92 Å². The van der Waals surface area contributed by atoms with Gasteiger partial charge in [0.1, 0.15) is 0 Å². The maximum atomic E-state index is 5.11. The van der Waals surface area contributed by atoms with Crippen LogP contribution >= 0.6 is 31.9 Å². The maximum Gasteiger partial charge on any atom is 0.0864 e. The van der Waals surface area contributed by atoms with Crippen molar-refractivity contribution in [2.24, 2.45) is 5.92 Å².